The molecular formula is C18H20ClNO3. The van der Waals surface area contributed by atoms with Crippen LogP contribution < -0.4 is 5.32 Å². The number of anilines is 1. The highest BCUT2D eigenvalue weighted by Gasteiger charge is 2.16. The number of rotatable bonds is 7. The first-order valence-electron chi connectivity index (χ1n) is 7.52. The van der Waals surface area contributed by atoms with Crippen LogP contribution in [-0.4, -0.2) is 24.2 Å². The van der Waals surface area contributed by atoms with Gasteiger partial charge in [0, 0.05) is 22.9 Å². The van der Waals surface area contributed by atoms with Gasteiger partial charge in [0.05, 0.1) is 13.0 Å². The molecule has 2 aromatic rings. The summed E-state index contributed by atoms with van der Waals surface area (Å²) in [5, 5.41) is 13.9. The standard InChI is InChI=1S/C18H20ClNO3/c1-2-23-11-10-17(21)20-16-9-8-14(19)12-15(16)18(22)13-6-4-3-5-7-13/h3-9,12,18,22H,2,10-11H2,1H3,(H,20,21). The van der Waals surface area contributed by atoms with Gasteiger partial charge in [-0.25, -0.2) is 0 Å². The van der Waals surface area contributed by atoms with Crippen LogP contribution in [0.4, 0.5) is 5.69 Å². The van der Waals surface area contributed by atoms with Crippen molar-refractivity contribution in [2.45, 2.75) is 19.4 Å². The third-order valence-electron chi connectivity index (χ3n) is 3.38. The van der Waals surface area contributed by atoms with Crippen LogP contribution in [0.5, 0.6) is 0 Å². The van der Waals surface area contributed by atoms with E-state index in [1.807, 2.05) is 37.3 Å². The second-order valence-electron chi connectivity index (χ2n) is 5.04. The van der Waals surface area contributed by atoms with Crippen molar-refractivity contribution < 1.29 is 14.6 Å². The smallest absolute Gasteiger partial charge is 0.226 e. The quantitative estimate of drug-likeness (QED) is 0.758. The number of aliphatic hydroxyl groups is 1. The molecule has 1 amide bonds. The van der Waals surface area contributed by atoms with Crippen LogP contribution in [-0.2, 0) is 9.53 Å². The molecule has 2 rings (SSSR count). The molecule has 2 aromatic carbocycles. The summed E-state index contributed by atoms with van der Waals surface area (Å²) in [5.41, 5.74) is 1.85. The van der Waals surface area contributed by atoms with Gasteiger partial charge in [-0.15, -0.1) is 0 Å². The Morgan fingerprint density at radius 1 is 1.26 bits per heavy atom. The second-order valence-corrected chi connectivity index (χ2v) is 5.48. The summed E-state index contributed by atoms with van der Waals surface area (Å²) >= 11 is 6.04. The lowest BCUT2D eigenvalue weighted by Gasteiger charge is -2.17. The Hall–Kier alpha value is -1.88. The molecule has 5 heteroatoms. The Morgan fingerprint density at radius 3 is 2.70 bits per heavy atom. The largest absolute Gasteiger partial charge is 0.384 e. The number of carbonyl (C=O) groups is 1. The molecule has 0 radical (unpaired) electrons. The van der Waals surface area contributed by atoms with Gasteiger partial charge in [-0.1, -0.05) is 41.9 Å². The van der Waals surface area contributed by atoms with E-state index in [0.29, 0.717) is 29.5 Å². The molecule has 0 fully saturated rings. The number of benzene rings is 2. The third-order valence-corrected chi connectivity index (χ3v) is 3.61. The Balaban J connectivity index is 2.19. The Labute approximate surface area is 141 Å². The number of ether oxygens (including phenoxy) is 1. The summed E-state index contributed by atoms with van der Waals surface area (Å²) in [4.78, 5) is 12.0. The van der Waals surface area contributed by atoms with Crippen molar-refractivity contribution in [2.75, 3.05) is 18.5 Å². The van der Waals surface area contributed by atoms with Crippen LogP contribution in [0.15, 0.2) is 48.5 Å². The van der Waals surface area contributed by atoms with Crippen molar-refractivity contribution in [3.63, 3.8) is 0 Å². The molecule has 1 atom stereocenters. The number of hydrogen-bond acceptors (Lipinski definition) is 3. The number of halogens is 1. The lowest BCUT2D eigenvalue weighted by molar-refractivity contribution is -0.117. The molecule has 2 N–H and O–H groups in total. The van der Waals surface area contributed by atoms with Crippen molar-refractivity contribution in [3.05, 3.63) is 64.7 Å². The fraction of sp³-hybridized carbons (Fsp3) is 0.278. The average molecular weight is 334 g/mol. The Kier molecular flexibility index (Phi) is 6.59. The molecule has 0 saturated heterocycles. The van der Waals surface area contributed by atoms with Gasteiger partial charge < -0.3 is 15.2 Å². The van der Waals surface area contributed by atoms with Crippen LogP contribution in [0.2, 0.25) is 5.02 Å². The fourth-order valence-corrected chi connectivity index (χ4v) is 2.39. The lowest BCUT2D eigenvalue weighted by Crippen LogP contribution is -2.16. The van der Waals surface area contributed by atoms with Gasteiger partial charge in [0.1, 0.15) is 6.10 Å². The molecule has 0 aromatic heterocycles. The summed E-state index contributed by atoms with van der Waals surface area (Å²) in [5.74, 6) is -0.165. The van der Waals surface area contributed by atoms with Gasteiger partial charge in [-0.3, -0.25) is 4.79 Å². The highest BCUT2D eigenvalue weighted by atomic mass is 35.5. The molecule has 1 unspecified atom stereocenters. The molecule has 0 spiro atoms. The molecule has 23 heavy (non-hydrogen) atoms. The maximum atomic E-state index is 12.0. The zero-order valence-corrected chi connectivity index (χ0v) is 13.7. The van der Waals surface area contributed by atoms with E-state index in [4.69, 9.17) is 16.3 Å². The van der Waals surface area contributed by atoms with Crippen molar-refractivity contribution >= 4 is 23.2 Å². The van der Waals surface area contributed by atoms with Crippen molar-refractivity contribution in [3.8, 4) is 0 Å². The van der Waals surface area contributed by atoms with Gasteiger partial charge in [-0.05, 0) is 30.7 Å². The van der Waals surface area contributed by atoms with Crippen molar-refractivity contribution in [2.24, 2.45) is 0 Å². The van der Waals surface area contributed by atoms with Gasteiger partial charge in [0.15, 0.2) is 0 Å². The minimum atomic E-state index is -0.864. The summed E-state index contributed by atoms with van der Waals surface area (Å²) in [6.45, 7) is 2.82. The SMILES string of the molecule is CCOCCC(=O)Nc1ccc(Cl)cc1C(O)c1ccccc1. The van der Waals surface area contributed by atoms with Gasteiger partial charge >= 0.3 is 0 Å². The van der Waals surface area contributed by atoms with E-state index in [2.05, 4.69) is 5.32 Å². The van der Waals surface area contributed by atoms with Crippen molar-refractivity contribution in [1.82, 2.24) is 0 Å². The van der Waals surface area contributed by atoms with E-state index in [9.17, 15) is 9.90 Å². The summed E-state index contributed by atoms with van der Waals surface area (Å²) < 4.78 is 5.18. The zero-order valence-electron chi connectivity index (χ0n) is 13.0. The number of aliphatic hydroxyl groups excluding tert-OH is 1. The monoisotopic (exact) mass is 333 g/mol. The highest BCUT2D eigenvalue weighted by Crippen LogP contribution is 2.30. The highest BCUT2D eigenvalue weighted by molar-refractivity contribution is 6.30. The summed E-state index contributed by atoms with van der Waals surface area (Å²) in [6.07, 6.45) is -0.603. The van der Waals surface area contributed by atoms with E-state index in [0.717, 1.165) is 5.56 Å². The maximum absolute atomic E-state index is 12.0. The summed E-state index contributed by atoms with van der Waals surface area (Å²) in [6, 6.07) is 14.3. The number of amides is 1. The predicted octanol–water partition coefficient (Wildman–Crippen LogP) is 3.79. The van der Waals surface area contributed by atoms with Crippen LogP contribution >= 0.6 is 11.6 Å². The molecule has 0 aliphatic carbocycles. The number of nitrogens with one attached hydrogen (secondary N) is 1. The molecule has 0 bridgehead atoms. The van der Waals surface area contributed by atoms with Gasteiger partial charge in [-0.2, -0.15) is 0 Å². The van der Waals surface area contributed by atoms with Crippen LogP contribution in [0.3, 0.4) is 0 Å². The second kappa shape index (κ2) is 8.67. The van der Waals surface area contributed by atoms with E-state index < -0.39 is 6.10 Å². The zero-order chi connectivity index (χ0) is 16.7. The van der Waals surface area contributed by atoms with Crippen LogP contribution in [0.25, 0.3) is 0 Å². The van der Waals surface area contributed by atoms with Crippen molar-refractivity contribution in [1.29, 1.82) is 0 Å². The Bertz CT molecular complexity index is 646. The first-order chi connectivity index (χ1) is 11.1. The Morgan fingerprint density at radius 2 is 2.00 bits per heavy atom. The minimum absolute atomic E-state index is 0.165. The topological polar surface area (TPSA) is 58.6 Å². The number of carbonyl (C=O) groups excluding carboxylic acids is 1. The van der Waals surface area contributed by atoms with E-state index >= 15 is 0 Å². The third kappa shape index (κ3) is 5.06. The van der Waals surface area contributed by atoms with Gasteiger partial charge in [0.2, 0.25) is 5.91 Å². The first kappa shape index (κ1) is 17.5. The van der Waals surface area contributed by atoms with Crippen LogP contribution in [0, 0.1) is 0 Å². The molecular weight excluding hydrogens is 314 g/mol. The average Bonchev–Trinajstić information content (AvgIpc) is 2.57. The molecule has 0 aliphatic heterocycles. The molecule has 0 heterocycles. The fourth-order valence-electron chi connectivity index (χ4n) is 2.21. The molecule has 122 valence electrons. The summed E-state index contributed by atoms with van der Waals surface area (Å²) in [7, 11) is 0. The van der Waals surface area contributed by atoms with E-state index in [1.54, 1.807) is 18.2 Å². The normalized spacial score (nSPS) is 12.0. The van der Waals surface area contributed by atoms with Gasteiger partial charge in [0.25, 0.3) is 0 Å². The predicted molar refractivity (Wildman–Crippen MR) is 91.7 cm³/mol. The van der Waals surface area contributed by atoms with E-state index in [1.165, 1.54) is 0 Å². The molecule has 0 saturated carbocycles. The molecule has 4 nitrogen and oxygen atoms in total. The first-order valence-corrected chi connectivity index (χ1v) is 7.89. The van der Waals surface area contributed by atoms with Crippen LogP contribution in [0.1, 0.15) is 30.6 Å². The minimum Gasteiger partial charge on any atom is -0.384 e. The number of hydrogen-bond donors (Lipinski definition) is 2. The molecule has 0 aliphatic rings. The van der Waals surface area contributed by atoms with E-state index in [-0.39, 0.29) is 12.3 Å². The maximum Gasteiger partial charge on any atom is 0.226 e. The lowest BCUT2D eigenvalue weighted by atomic mass is 10.00.